The Hall–Kier alpha value is -1.09. The van der Waals surface area contributed by atoms with Crippen molar-refractivity contribution >= 4 is 0 Å². The van der Waals surface area contributed by atoms with Crippen molar-refractivity contribution in [2.45, 2.75) is 37.1 Å². The minimum atomic E-state index is -0.579. The van der Waals surface area contributed by atoms with Crippen LogP contribution in [0.15, 0.2) is 24.5 Å². The van der Waals surface area contributed by atoms with Gasteiger partial charge in [0.05, 0.1) is 31.4 Å². The Labute approximate surface area is 130 Å². The molecule has 0 aromatic carbocycles. The highest BCUT2D eigenvalue weighted by molar-refractivity contribution is 5.10. The van der Waals surface area contributed by atoms with Crippen molar-refractivity contribution in [3.8, 4) is 0 Å². The molecule has 3 rings (SSSR count). The molecule has 2 fully saturated rings. The van der Waals surface area contributed by atoms with E-state index < -0.39 is 12.4 Å². The average Bonchev–Trinajstić information content (AvgIpc) is 2.97. The molecule has 5 unspecified atom stereocenters. The van der Waals surface area contributed by atoms with E-state index >= 15 is 0 Å². The van der Waals surface area contributed by atoms with Crippen LogP contribution in [0.1, 0.15) is 5.56 Å². The van der Waals surface area contributed by atoms with E-state index in [0.717, 1.165) is 5.56 Å². The molecule has 2 bridgehead atoms. The van der Waals surface area contributed by atoms with Crippen LogP contribution in [0.3, 0.4) is 0 Å². The lowest BCUT2D eigenvalue weighted by Gasteiger charge is -2.39. The molecule has 2 aliphatic heterocycles. The number of aliphatic hydroxyl groups is 1. The predicted octanol–water partition coefficient (Wildman–Crippen LogP) is -0.740. The number of nitrogens with zero attached hydrogens (tertiary/aromatic N) is 1. The number of aromatic nitrogens is 1. The summed E-state index contributed by atoms with van der Waals surface area (Å²) in [6.45, 7) is 2.37. The van der Waals surface area contributed by atoms with Gasteiger partial charge < -0.3 is 30.0 Å². The largest absolute Gasteiger partial charge is 0.390 e. The maximum Gasteiger partial charge on any atom is 0.176 e. The third-order valence-electron chi connectivity index (χ3n) is 4.14. The van der Waals surface area contributed by atoms with Crippen LogP contribution in [0.2, 0.25) is 0 Å². The second-order valence-corrected chi connectivity index (χ2v) is 5.60. The fourth-order valence-electron chi connectivity index (χ4n) is 2.95. The fourth-order valence-corrected chi connectivity index (χ4v) is 2.95. The number of rotatable bonds is 7. The summed E-state index contributed by atoms with van der Waals surface area (Å²) in [6.07, 6.45) is 2.42. The molecule has 0 saturated carbocycles. The van der Waals surface area contributed by atoms with Crippen molar-refractivity contribution < 1.29 is 19.3 Å². The van der Waals surface area contributed by atoms with E-state index in [2.05, 4.69) is 15.6 Å². The number of ether oxygens (including phenoxy) is 3. The summed E-state index contributed by atoms with van der Waals surface area (Å²) in [5.74, 6) is 0. The Morgan fingerprint density at radius 3 is 2.91 bits per heavy atom. The predicted molar refractivity (Wildman–Crippen MR) is 79.2 cm³/mol. The van der Waals surface area contributed by atoms with Gasteiger partial charge in [0, 0.05) is 32.6 Å². The summed E-state index contributed by atoms with van der Waals surface area (Å²) in [7, 11) is 1.65. The summed E-state index contributed by atoms with van der Waals surface area (Å²) >= 11 is 0. The van der Waals surface area contributed by atoms with Crippen molar-refractivity contribution in [2.75, 3.05) is 26.9 Å². The molecular formula is C15H23N3O4. The summed E-state index contributed by atoms with van der Waals surface area (Å²) in [5, 5.41) is 17.3. The van der Waals surface area contributed by atoms with Crippen LogP contribution in [-0.2, 0) is 20.8 Å². The van der Waals surface area contributed by atoms with Crippen LogP contribution in [0.25, 0.3) is 0 Å². The molecule has 2 saturated heterocycles. The molecule has 0 aliphatic carbocycles. The zero-order chi connectivity index (χ0) is 15.4. The van der Waals surface area contributed by atoms with Gasteiger partial charge in [0.15, 0.2) is 6.29 Å². The van der Waals surface area contributed by atoms with Crippen LogP contribution in [0, 0.1) is 0 Å². The number of methoxy groups -OCH3 is 1. The van der Waals surface area contributed by atoms with Crippen molar-refractivity contribution in [1.29, 1.82) is 0 Å². The van der Waals surface area contributed by atoms with Gasteiger partial charge in [0.25, 0.3) is 0 Å². The van der Waals surface area contributed by atoms with Gasteiger partial charge in [0.1, 0.15) is 6.10 Å². The van der Waals surface area contributed by atoms with E-state index in [1.54, 1.807) is 19.5 Å². The van der Waals surface area contributed by atoms with E-state index in [4.69, 9.17) is 14.2 Å². The smallest absolute Gasteiger partial charge is 0.176 e. The lowest BCUT2D eigenvalue weighted by Crippen LogP contribution is -2.63. The normalized spacial score (nSPS) is 34.0. The quantitative estimate of drug-likeness (QED) is 0.572. The zero-order valence-electron chi connectivity index (χ0n) is 12.6. The van der Waals surface area contributed by atoms with Crippen LogP contribution in [0.5, 0.6) is 0 Å². The third-order valence-corrected chi connectivity index (χ3v) is 4.14. The van der Waals surface area contributed by atoms with E-state index in [9.17, 15) is 5.11 Å². The number of hydrogen-bond acceptors (Lipinski definition) is 7. The minimum absolute atomic E-state index is 0.123. The standard InChI is InChI=1S/C15H23N3O4/c1-20-7-6-17-13-14(19)12(11-9-21-15(13)22-11)18-8-10-2-4-16-5-3-10/h2-5,11-15,17-19H,6-9H2,1H3. The van der Waals surface area contributed by atoms with Crippen LogP contribution < -0.4 is 10.6 Å². The van der Waals surface area contributed by atoms with Gasteiger partial charge in [-0.3, -0.25) is 4.98 Å². The Balaban J connectivity index is 1.60. The van der Waals surface area contributed by atoms with Gasteiger partial charge in [-0.2, -0.15) is 0 Å². The van der Waals surface area contributed by atoms with Crippen molar-refractivity contribution in [3.05, 3.63) is 30.1 Å². The summed E-state index contributed by atoms with van der Waals surface area (Å²) in [4.78, 5) is 4.00. The Morgan fingerprint density at radius 1 is 1.32 bits per heavy atom. The molecular weight excluding hydrogens is 286 g/mol. The number of fused-ring (bicyclic) bond motifs is 2. The van der Waals surface area contributed by atoms with Crippen molar-refractivity contribution in [2.24, 2.45) is 0 Å². The molecule has 3 N–H and O–H groups in total. The second kappa shape index (κ2) is 7.45. The Bertz CT molecular complexity index is 461. The van der Waals surface area contributed by atoms with E-state index in [1.165, 1.54) is 0 Å². The van der Waals surface area contributed by atoms with Gasteiger partial charge in [-0.25, -0.2) is 0 Å². The topological polar surface area (TPSA) is 84.9 Å². The first-order chi connectivity index (χ1) is 10.8. The molecule has 0 amide bonds. The molecule has 122 valence electrons. The number of pyridine rings is 1. The van der Waals surface area contributed by atoms with Crippen LogP contribution >= 0.6 is 0 Å². The first-order valence-corrected chi connectivity index (χ1v) is 7.59. The molecule has 1 aromatic rings. The highest BCUT2D eigenvalue weighted by atomic mass is 16.7. The highest BCUT2D eigenvalue weighted by Crippen LogP contribution is 2.28. The van der Waals surface area contributed by atoms with Gasteiger partial charge in [-0.1, -0.05) is 0 Å². The van der Waals surface area contributed by atoms with Crippen molar-refractivity contribution in [3.63, 3.8) is 0 Å². The number of nitrogens with one attached hydrogen (secondary N) is 2. The SMILES string of the molecule is COCCNC1C2OCC(O2)C(NCc2ccncc2)C1O. The molecule has 3 heterocycles. The third kappa shape index (κ3) is 3.45. The van der Waals surface area contributed by atoms with E-state index in [1.807, 2.05) is 12.1 Å². The maximum atomic E-state index is 10.6. The van der Waals surface area contributed by atoms with E-state index in [0.29, 0.717) is 26.3 Å². The maximum absolute atomic E-state index is 10.6. The lowest BCUT2D eigenvalue weighted by molar-refractivity contribution is -0.153. The van der Waals surface area contributed by atoms with Gasteiger partial charge in [-0.15, -0.1) is 0 Å². The average molecular weight is 309 g/mol. The first kappa shape index (κ1) is 15.8. The van der Waals surface area contributed by atoms with Crippen LogP contribution in [-0.4, -0.2) is 67.5 Å². The Kier molecular flexibility index (Phi) is 5.35. The second-order valence-electron chi connectivity index (χ2n) is 5.60. The minimum Gasteiger partial charge on any atom is -0.390 e. The first-order valence-electron chi connectivity index (χ1n) is 7.59. The van der Waals surface area contributed by atoms with Crippen molar-refractivity contribution in [1.82, 2.24) is 15.6 Å². The number of hydrogen-bond donors (Lipinski definition) is 3. The summed E-state index contributed by atoms with van der Waals surface area (Å²) < 4.78 is 16.5. The summed E-state index contributed by atoms with van der Waals surface area (Å²) in [5.41, 5.74) is 1.12. The molecule has 5 atom stereocenters. The van der Waals surface area contributed by atoms with E-state index in [-0.39, 0.29) is 18.2 Å². The number of aliphatic hydroxyl groups excluding tert-OH is 1. The zero-order valence-corrected chi connectivity index (χ0v) is 12.6. The molecule has 7 nitrogen and oxygen atoms in total. The monoisotopic (exact) mass is 309 g/mol. The molecule has 7 heteroatoms. The molecule has 0 spiro atoms. The lowest BCUT2D eigenvalue weighted by atomic mass is 9.95. The molecule has 22 heavy (non-hydrogen) atoms. The fraction of sp³-hybridized carbons (Fsp3) is 0.667. The van der Waals surface area contributed by atoms with Gasteiger partial charge >= 0.3 is 0 Å². The van der Waals surface area contributed by atoms with Gasteiger partial charge in [0.2, 0.25) is 0 Å². The highest BCUT2D eigenvalue weighted by Gasteiger charge is 2.49. The Morgan fingerprint density at radius 2 is 2.14 bits per heavy atom. The molecule has 0 radical (unpaired) electrons. The molecule has 2 aliphatic rings. The van der Waals surface area contributed by atoms with Gasteiger partial charge in [-0.05, 0) is 17.7 Å². The van der Waals surface area contributed by atoms with Crippen LogP contribution in [0.4, 0.5) is 0 Å². The summed E-state index contributed by atoms with van der Waals surface area (Å²) in [6, 6.07) is 3.47. The molecule has 1 aromatic heterocycles.